The zero-order chi connectivity index (χ0) is 14.1. The lowest BCUT2D eigenvalue weighted by molar-refractivity contribution is -0.778. The summed E-state index contributed by atoms with van der Waals surface area (Å²) in [5.41, 5.74) is 0. The summed E-state index contributed by atoms with van der Waals surface area (Å²) in [5, 5.41) is 20.6. The van der Waals surface area contributed by atoms with E-state index in [1.54, 1.807) is 0 Å². The first-order valence-corrected chi connectivity index (χ1v) is 7.06. The van der Waals surface area contributed by atoms with Gasteiger partial charge in [0.1, 0.15) is 0 Å². The molecule has 19 heavy (non-hydrogen) atoms. The average molecular weight is 274 g/mol. The lowest BCUT2D eigenvalue weighted by Crippen LogP contribution is -2.37. The molecule has 110 valence electrons. The van der Waals surface area contributed by atoms with Gasteiger partial charge >= 0.3 is 0 Å². The van der Waals surface area contributed by atoms with Crippen LogP contribution in [0.25, 0.3) is 0 Å². The molecule has 7 nitrogen and oxygen atoms in total. The highest BCUT2D eigenvalue weighted by molar-refractivity contribution is 4.70. The molecule has 0 unspecified atom stereocenters. The van der Waals surface area contributed by atoms with Gasteiger partial charge in [-0.1, -0.05) is 44.9 Å². The SMILES string of the molecule is O=[N+]([O-])O[C@@H]1CCCCCCCCCC[C@@H]1[N+](=O)[O-]. The average Bonchev–Trinajstić information content (AvgIpc) is 2.31. The first-order chi connectivity index (χ1) is 9.11. The van der Waals surface area contributed by atoms with Crippen molar-refractivity contribution in [2.75, 3.05) is 0 Å². The second-order valence-corrected chi connectivity index (χ2v) is 5.13. The van der Waals surface area contributed by atoms with Crippen LogP contribution in [0.1, 0.15) is 64.2 Å². The minimum Gasteiger partial charge on any atom is -0.303 e. The van der Waals surface area contributed by atoms with E-state index < -0.39 is 22.2 Å². The third-order valence-electron chi connectivity index (χ3n) is 3.66. The van der Waals surface area contributed by atoms with Gasteiger partial charge in [-0.05, 0) is 12.8 Å². The fourth-order valence-electron chi connectivity index (χ4n) is 2.61. The number of hydrogen-bond donors (Lipinski definition) is 0. The third kappa shape index (κ3) is 6.35. The van der Waals surface area contributed by atoms with Crippen molar-refractivity contribution in [1.82, 2.24) is 0 Å². The zero-order valence-corrected chi connectivity index (χ0v) is 11.2. The van der Waals surface area contributed by atoms with E-state index in [1.165, 1.54) is 12.8 Å². The van der Waals surface area contributed by atoms with E-state index in [9.17, 15) is 20.2 Å². The van der Waals surface area contributed by atoms with Gasteiger partial charge in [0.25, 0.3) is 5.09 Å². The Hall–Kier alpha value is -1.40. The van der Waals surface area contributed by atoms with Crippen molar-refractivity contribution in [3.8, 4) is 0 Å². The van der Waals surface area contributed by atoms with Crippen LogP contribution in [0.3, 0.4) is 0 Å². The molecule has 0 saturated heterocycles. The summed E-state index contributed by atoms with van der Waals surface area (Å²) in [7, 11) is 0. The van der Waals surface area contributed by atoms with Crippen LogP contribution in [0.15, 0.2) is 0 Å². The van der Waals surface area contributed by atoms with Gasteiger partial charge in [0.2, 0.25) is 6.04 Å². The molecule has 1 rings (SSSR count). The Morgan fingerprint density at radius 2 is 1.26 bits per heavy atom. The van der Waals surface area contributed by atoms with Crippen LogP contribution in [0.4, 0.5) is 0 Å². The summed E-state index contributed by atoms with van der Waals surface area (Å²) >= 11 is 0. The molecule has 1 aliphatic rings. The Labute approximate surface area is 112 Å². The highest BCUT2D eigenvalue weighted by atomic mass is 17.0. The predicted molar refractivity (Wildman–Crippen MR) is 68.8 cm³/mol. The van der Waals surface area contributed by atoms with Crippen molar-refractivity contribution in [3.05, 3.63) is 20.2 Å². The predicted octanol–water partition coefficient (Wildman–Crippen LogP) is 3.12. The minimum atomic E-state index is -0.954. The van der Waals surface area contributed by atoms with Gasteiger partial charge in [-0.2, -0.15) is 0 Å². The van der Waals surface area contributed by atoms with E-state index in [0.29, 0.717) is 12.8 Å². The molecule has 0 N–H and O–H groups in total. The quantitative estimate of drug-likeness (QED) is 0.582. The molecular weight excluding hydrogens is 252 g/mol. The second-order valence-electron chi connectivity index (χ2n) is 5.13. The highest BCUT2D eigenvalue weighted by Gasteiger charge is 2.33. The van der Waals surface area contributed by atoms with Crippen molar-refractivity contribution < 1.29 is 14.8 Å². The van der Waals surface area contributed by atoms with E-state index in [4.69, 9.17) is 0 Å². The number of nitro groups is 1. The molecule has 1 aliphatic carbocycles. The van der Waals surface area contributed by atoms with Crippen LogP contribution < -0.4 is 0 Å². The maximum atomic E-state index is 11.1. The summed E-state index contributed by atoms with van der Waals surface area (Å²) in [6.07, 6.45) is 7.81. The lowest BCUT2D eigenvalue weighted by Gasteiger charge is -2.19. The molecule has 2 atom stereocenters. The molecule has 0 radical (unpaired) electrons. The van der Waals surface area contributed by atoms with E-state index in [1.807, 2.05) is 0 Å². The van der Waals surface area contributed by atoms with Crippen molar-refractivity contribution in [2.24, 2.45) is 0 Å². The molecule has 7 heteroatoms. The van der Waals surface area contributed by atoms with Gasteiger partial charge in [0.05, 0.1) is 0 Å². The Kier molecular flexibility index (Phi) is 7.14. The third-order valence-corrected chi connectivity index (χ3v) is 3.66. The molecule has 0 aromatic carbocycles. The van der Waals surface area contributed by atoms with Gasteiger partial charge in [0.15, 0.2) is 6.10 Å². The standard InChI is InChI=1S/C12H22N2O5/c15-13(16)11-9-7-5-3-1-2-4-6-8-10-12(11)19-14(17)18/h11-12H,1-10H2/t11-,12+/m0/s1. The zero-order valence-electron chi connectivity index (χ0n) is 11.2. The molecular formula is C12H22N2O5. The van der Waals surface area contributed by atoms with Crippen LogP contribution in [-0.2, 0) is 4.84 Å². The van der Waals surface area contributed by atoms with E-state index in [0.717, 1.165) is 38.5 Å². The molecule has 0 amide bonds. The molecule has 0 aromatic rings. The number of nitrogens with zero attached hydrogens (tertiary/aromatic N) is 2. The van der Waals surface area contributed by atoms with Crippen molar-refractivity contribution in [1.29, 1.82) is 0 Å². The highest BCUT2D eigenvalue weighted by Crippen LogP contribution is 2.21. The lowest BCUT2D eigenvalue weighted by atomic mass is 9.96. The maximum absolute atomic E-state index is 11.1. The first-order valence-electron chi connectivity index (χ1n) is 7.06. The maximum Gasteiger partial charge on any atom is 0.295 e. The van der Waals surface area contributed by atoms with Gasteiger partial charge in [-0.15, -0.1) is 10.1 Å². The van der Waals surface area contributed by atoms with Crippen molar-refractivity contribution >= 4 is 0 Å². The van der Waals surface area contributed by atoms with Crippen LogP contribution in [0.5, 0.6) is 0 Å². The summed E-state index contributed by atoms with van der Waals surface area (Å²) in [6, 6.07) is -0.954. The molecule has 0 aromatic heterocycles. The molecule has 0 spiro atoms. The van der Waals surface area contributed by atoms with E-state index >= 15 is 0 Å². The van der Waals surface area contributed by atoms with Gasteiger partial charge in [-0.25, -0.2) is 0 Å². The minimum absolute atomic E-state index is 0.367. The summed E-state index contributed by atoms with van der Waals surface area (Å²) in [6.45, 7) is 0. The van der Waals surface area contributed by atoms with Crippen LogP contribution >= 0.6 is 0 Å². The summed E-state index contributed by atoms with van der Waals surface area (Å²) in [5.74, 6) is 0. The largest absolute Gasteiger partial charge is 0.303 e. The number of rotatable bonds is 3. The van der Waals surface area contributed by atoms with Crippen molar-refractivity contribution in [2.45, 2.75) is 76.4 Å². The van der Waals surface area contributed by atoms with Crippen LogP contribution in [-0.4, -0.2) is 22.2 Å². The van der Waals surface area contributed by atoms with Gasteiger partial charge < -0.3 is 4.84 Å². The molecule has 0 heterocycles. The Morgan fingerprint density at radius 3 is 1.74 bits per heavy atom. The fraction of sp³-hybridized carbons (Fsp3) is 1.00. The van der Waals surface area contributed by atoms with Gasteiger partial charge in [0, 0.05) is 11.3 Å². The second kappa shape index (κ2) is 8.66. The van der Waals surface area contributed by atoms with Gasteiger partial charge in [-0.3, -0.25) is 10.1 Å². The van der Waals surface area contributed by atoms with Crippen molar-refractivity contribution in [3.63, 3.8) is 0 Å². The first kappa shape index (κ1) is 15.7. The smallest absolute Gasteiger partial charge is 0.295 e. The normalized spacial score (nSPS) is 26.7. The summed E-state index contributed by atoms with van der Waals surface area (Å²) in [4.78, 5) is 25.7. The molecule has 0 bridgehead atoms. The monoisotopic (exact) mass is 274 g/mol. The van der Waals surface area contributed by atoms with E-state index in [-0.39, 0.29) is 0 Å². The van der Waals surface area contributed by atoms with E-state index in [2.05, 4.69) is 4.84 Å². The Balaban J connectivity index is 2.64. The van der Waals surface area contributed by atoms with Crippen LogP contribution in [0, 0.1) is 20.2 Å². The number of hydrogen-bond acceptors (Lipinski definition) is 5. The molecule has 1 saturated carbocycles. The molecule has 0 aliphatic heterocycles. The summed E-state index contributed by atoms with van der Waals surface area (Å²) < 4.78 is 0. The Bertz CT molecular complexity index is 298. The Morgan fingerprint density at radius 1 is 0.789 bits per heavy atom. The molecule has 1 fully saturated rings. The topological polar surface area (TPSA) is 95.5 Å². The van der Waals surface area contributed by atoms with Crippen LogP contribution in [0.2, 0.25) is 0 Å². The fourth-order valence-corrected chi connectivity index (χ4v) is 2.61.